The highest BCUT2D eigenvalue weighted by Crippen LogP contribution is 2.31. The van der Waals surface area contributed by atoms with Gasteiger partial charge in [0.1, 0.15) is 0 Å². The monoisotopic (exact) mass is 473 g/mol. The number of thiophene rings is 1. The molecule has 2 saturated heterocycles. The van der Waals surface area contributed by atoms with Gasteiger partial charge >= 0.3 is 0 Å². The van der Waals surface area contributed by atoms with Gasteiger partial charge in [-0.25, -0.2) is 0 Å². The third-order valence-electron chi connectivity index (χ3n) is 6.31. The van der Waals surface area contributed by atoms with Crippen LogP contribution in [0.3, 0.4) is 0 Å². The molecule has 6 nitrogen and oxygen atoms in total. The van der Waals surface area contributed by atoms with E-state index in [0.717, 1.165) is 43.6 Å². The Hall–Kier alpha value is -2.38. The van der Waals surface area contributed by atoms with Crippen LogP contribution >= 0.6 is 22.9 Å². The smallest absolute Gasteiger partial charge is 0.261 e. The molecule has 2 aliphatic rings. The molecule has 3 heterocycles. The van der Waals surface area contributed by atoms with Gasteiger partial charge in [-0.1, -0.05) is 24.9 Å². The molecule has 0 spiro atoms. The number of benzene rings is 1. The number of anilines is 1. The van der Waals surface area contributed by atoms with Crippen LogP contribution < -0.4 is 10.2 Å². The first-order chi connectivity index (χ1) is 15.4. The van der Waals surface area contributed by atoms with Crippen molar-refractivity contribution in [1.82, 2.24) is 10.2 Å². The van der Waals surface area contributed by atoms with E-state index in [1.165, 1.54) is 11.3 Å². The third-order valence-corrected chi connectivity index (χ3v) is 7.54. The molecule has 8 heteroatoms. The molecular weight excluding hydrogens is 446 g/mol. The Morgan fingerprint density at radius 3 is 2.56 bits per heavy atom. The summed E-state index contributed by atoms with van der Waals surface area (Å²) in [7, 11) is 0. The number of hydrogen-bond donors (Lipinski definition) is 1. The number of nitrogens with one attached hydrogen (secondary N) is 1. The van der Waals surface area contributed by atoms with Crippen molar-refractivity contribution < 1.29 is 14.4 Å². The van der Waals surface area contributed by atoms with E-state index in [1.54, 1.807) is 17.0 Å². The maximum Gasteiger partial charge on any atom is 0.261 e. The summed E-state index contributed by atoms with van der Waals surface area (Å²) in [4.78, 5) is 42.9. The summed E-state index contributed by atoms with van der Waals surface area (Å²) >= 11 is 7.19. The summed E-state index contributed by atoms with van der Waals surface area (Å²) in [5.74, 6) is -0.404. The molecule has 2 aromatic rings. The van der Waals surface area contributed by atoms with Crippen molar-refractivity contribution in [2.75, 3.05) is 24.5 Å². The Morgan fingerprint density at radius 1 is 1.19 bits per heavy atom. The highest BCUT2D eigenvalue weighted by molar-refractivity contribution is 7.18. The quantitative estimate of drug-likeness (QED) is 0.671. The van der Waals surface area contributed by atoms with Crippen LogP contribution in [-0.2, 0) is 4.79 Å². The van der Waals surface area contributed by atoms with E-state index in [9.17, 15) is 14.4 Å². The van der Waals surface area contributed by atoms with Gasteiger partial charge in [-0.05, 0) is 62.1 Å². The van der Waals surface area contributed by atoms with E-state index in [0.29, 0.717) is 27.7 Å². The number of amides is 3. The van der Waals surface area contributed by atoms with E-state index in [1.807, 2.05) is 36.9 Å². The van der Waals surface area contributed by atoms with Gasteiger partial charge < -0.3 is 15.1 Å². The van der Waals surface area contributed by atoms with Gasteiger partial charge in [-0.15, -0.1) is 11.3 Å². The number of aryl methyl sites for hydroxylation is 1. The van der Waals surface area contributed by atoms with Crippen molar-refractivity contribution in [1.29, 1.82) is 0 Å². The van der Waals surface area contributed by atoms with Crippen LogP contribution in [0.1, 0.15) is 58.2 Å². The van der Waals surface area contributed by atoms with E-state index in [-0.39, 0.29) is 29.7 Å². The SMILES string of the molecule is CCCC1C(=O)N(c2ccc(C(=O)N3CCCC3)c(C)c2)CC1NC(=O)c1ccc(Cl)s1. The Balaban J connectivity index is 1.52. The van der Waals surface area contributed by atoms with Crippen molar-refractivity contribution in [3.8, 4) is 0 Å². The number of carbonyl (C=O) groups excluding carboxylic acids is 3. The fourth-order valence-corrected chi connectivity index (χ4v) is 5.57. The molecule has 2 unspecified atom stereocenters. The minimum Gasteiger partial charge on any atom is -0.346 e. The molecule has 2 fully saturated rings. The lowest BCUT2D eigenvalue weighted by atomic mass is 9.97. The van der Waals surface area contributed by atoms with Gasteiger partial charge in [0.05, 0.1) is 21.2 Å². The van der Waals surface area contributed by atoms with Gasteiger partial charge in [0.15, 0.2) is 0 Å². The number of rotatable bonds is 6. The van der Waals surface area contributed by atoms with Crippen LogP contribution in [0.15, 0.2) is 30.3 Å². The summed E-state index contributed by atoms with van der Waals surface area (Å²) in [5.41, 5.74) is 2.31. The maximum absolute atomic E-state index is 13.2. The van der Waals surface area contributed by atoms with Crippen molar-refractivity contribution >= 4 is 46.3 Å². The highest BCUT2D eigenvalue weighted by Gasteiger charge is 2.41. The van der Waals surface area contributed by atoms with Crippen LogP contribution in [0, 0.1) is 12.8 Å². The van der Waals surface area contributed by atoms with E-state index >= 15 is 0 Å². The topological polar surface area (TPSA) is 69.7 Å². The van der Waals surface area contributed by atoms with Crippen LogP contribution in [-0.4, -0.2) is 48.3 Å². The van der Waals surface area contributed by atoms with Crippen molar-refractivity contribution in [3.05, 3.63) is 50.7 Å². The molecule has 2 aliphatic heterocycles. The molecular formula is C24H28ClN3O3S. The summed E-state index contributed by atoms with van der Waals surface area (Å²) in [6.45, 7) is 5.97. The Kier molecular flexibility index (Phi) is 6.86. The van der Waals surface area contributed by atoms with Crippen LogP contribution in [0.25, 0.3) is 0 Å². The lowest BCUT2D eigenvalue weighted by molar-refractivity contribution is -0.120. The summed E-state index contributed by atoms with van der Waals surface area (Å²) in [6.07, 6.45) is 3.66. The zero-order valence-electron chi connectivity index (χ0n) is 18.4. The molecule has 0 saturated carbocycles. The zero-order chi connectivity index (χ0) is 22.8. The summed E-state index contributed by atoms with van der Waals surface area (Å²) < 4.78 is 0.559. The number of halogens is 1. The average molecular weight is 474 g/mol. The second-order valence-electron chi connectivity index (χ2n) is 8.53. The Morgan fingerprint density at radius 2 is 1.94 bits per heavy atom. The Bertz CT molecular complexity index is 1030. The molecule has 1 N–H and O–H groups in total. The van der Waals surface area contributed by atoms with Gasteiger partial charge in [-0.3, -0.25) is 14.4 Å². The molecule has 0 radical (unpaired) electrons. The number of nitrogens with zero attached hydrogens (tertiary/aromatic N) is 2. The first kappa shape index (κ1) is 22.8. The van der Waals surface area contributed by atoms with Crippen molar-refractivity contribution in [2.45, 2.75) is 45.6 Å². The maximum atomic E-state index is 13.2. The molecule has 170 valence electrons. The van der Waals surface area contributed by atoms with Crippen molar-refractivity contribution in [2.24, 2.45) is 5.92 Å². The molecule has 4 rings (SSSR count). The lowest BCUT2D eigenvalue weighted by Crippen LogP contribution is -2.40. The van der Waals surface area contributed by atoms with Crippen LogP contribution in [0.4, 0.5) is 5.69 Å². The van der Waals surface area contributed by atoms with Gasteiger partial charge in [0.2, 0.25) is 5.91 Å². The standard InChI is InChI=1S/C24H28ClN3O3S/c1-3-6-18-19(26-22(29)20-9-10-21(25)32-20)14-28(24(18)31)16-7-8-17(15(2)13-16)23(30)27-11-4-5-12-27/h7-10,13,18-19H,3-6,11-12,14H2,1-2H3,(H,26,29). The second-order valence-corrected chi connectivity index (χ2v) is 10.2. The molecule has 2 atom stereocenters. The van der Waals surface area contributed by atoms with Crippen LogP contribution in [0.5, 0.6) is 0 Å². The number of hydrogen-bond acceptors (Lipinski definition) is 4. The fourth-order valence-electron chi connectivity index (χ4n) is 4.62. The number of carbonyl (C=O) groups is 3. The first-order valence-corrected chi connectivity index (χ1v) is 12.4. The van der Waals surface area contributed by atoms with Crippen molar-refractivity contribution in [3.63, 3.8) is 0 Å². The third kappa shape index (κ3) is 4.55. The average Bonchev–Trinajstić information content (AvgIpc) is 3.51. The Labute approximate surface area is 197 Å². The molecule has 0 bridgehead atoms. The largest absolute Gasteiger partial charge is 0.346 e. The molecule has 1 aromatic heterocycles. The van der Waals surface area contributed by atoms with Gasteiger partial charge in [0, 0.05) is 30.9 Å². The van der Waals surface area contributed by atoms with Crippen LogP contribution in [0.2, 0.25) is 4.34 Å². The second kappa shape index (κ2) is 9.63. The van der Waals surface area contributed by atoms with Gasteiger partial charge in [0.25, 0.3) is 11.8 Å². The fraction of sp³-hybridized carbons (Fsp3) is 0.458. The molecule has 0 aliphatic carbocycles. The summed E-state index contributed by atoms with van der Waals surface area (Å²) in [5, 5.41) is 3.04. The molecule has 1 aromatic carbocycles. The first-order valence-electron chi connectivity index (χ1n) is 11.2. The van der Waals surface area contributed by atoms with E-state index in [4.69, 9.17) is 11.6 Å². The minimum atomic E-state index is -0.276. The highest BCUT2D eigenvalue weighted by atomic mass is 35.5. The lowest BCUT2D eigenvalue weighted by Gasteiger charge is -2.20. The zero-order valence-corrected chi connectivity index (χ0v) is 20.0. The predicted molar refractivity (Wildman–Crippen MR) is 128 cm³/mol. The molecule has 32 heavy (non-hydrogen) atoms. The van der Waals surface area contributed by atoms with E-state index < -0.39 is 0 Å². The number of likely N-dealkylation sites (tertiary alicyclic amines) is 1. The molecule has 3 amide bonds. The minimum absolute atomic E-state index is 0.0133. The normalized spacial score (nSPS) is 20.8. The predicted octanol–water partition coefficient (Wildman–Crippen LogP) is 4.51. The summed E-state index contributed by atoms with van der Waals surface area (Å²) in [6, 6.07) is 8.71. The van der Waals surface area contributed by atoms with E-state index in [2.05, 4.69) is 5.32 Å². The van der Waals surface area contributed by atoms with Gasteiger partial charge in [-0.2, -0.15) is 0 Å².